The van der Waals surface area contributed by atoms with Crippen molar-refractivity contribution in [1.29, 1.82) is 0 Å². The summed E-state index contributed by atoms with van der Waals surface area (Å²) in [5.41, 5.74) is 0. The fourth-order valence-electron chi connectivity index (χ4n) is 2.32. The maximum Gasteiger partial charge on any atom is 0.221 e. The summed E-state index contributed by atoms with van der Waals surface area (Å²) in [4.78, 5) is 22.1. The van der Waals surface area contributed by atoms with E-state index in [1.54, 1.807) is 0 Å². The van der Waals surface area contributed by atoms with E-state index in [1.165, 1.54) is 6.92 Å². The first-order chi connectivity index (χ1) is 8.61. The van der Waals surface area contributed by atoms with Gasteiger partial charge in [0.15, 0.2) is 0 Å². The summed E-state index contributed by atoms with van der Waals surface area (Å²) in [7, 11) is 0. The van der Waals surface area contributed by atoms with Crippen LogP contribution in [0.5, 0.6) is 0 Å². The van der Waals surface area contributed by atoms with Crippen molar-refractivity contribution in [2.45, 2.75) is 39.0 Å². The molecule has 0 aromatic carbocycles. The van der Waals surface area contributed by atoms with Gasteiger partial charge in [-0.2, -0.15) is 0 Å². The molecule has 1 fully saturated rings. The highest BCUT2D eigenvalue weighted by Crippen LogP contribution is 2.27. The van der Waals surface area contributed by atoms with Crippen LogP contribution >= 0.6 is 0 Å². The van der Waals surface area contributed by atoms with Crippen molar-refractivity contribution in [2.24, 2.45) is 11.8 Å². The molecule has 0 heterocycles. The third-order valence-corrected chi connectivity index (χ3v) is 3.54. The van der Waals surface area contributed by atoms with E-state index in [4.69, 9.17) is 5.11 Å². The highest BCUT2D eigenvalue weighted by atomic mass is 16.3. The molecule has 104 valence electrons. The predicted octanol–water partition coefficient (Wildman–Crippen LogP) is 0.428. The first-order valence-electron chi connectivity index (χ1n) is 6.73. The SMILES string of the molecule is CC(=O)NCCC(=O)NCC1CCC(CO)CC1. The summed E-state index contributed by atoms with van der Waals surface area (Å²) < 4.78 is 0. The predicted molar refractivity (Wildman–Crippen MR) is 68.8 cm³/mol. The van der Waals surface area contributed by atoms with Gasteiger partial charge in [-0.25, -0.2) is 0 Å². The van der Waals surface area contributed by atoms with E-state index in [-0.39, 0.29) is 18.4 Å². The molecule has 5 nitrogen and oxygen atoms in total. The van der Waals surface area contributed by atoms with Crippen LogP contribution in [0.1, 0.15) is 39.0 Å². The quantitative estimate of drug-likeness (QED) is 0.645. The maximum atomic E-state index is 11.5. The number of rotatable bonds is 6. The molecule has 0 aliphatic heterocycles. The maximum absolute atomic E-state index is 11.5. The van der Waals surface area contributed by atoms with E-state index >= 15 is 0 Å². The average Bonchev–Trinajstić information content (AvgIpc) is 2.36. The monoisotopic (exact) mass is 256 g/mol. The molecule has 5 heteroatoms. The van der Waals surface area contributed by atoms with E-state index in [9.17, 15) is 9.59 Å². The molecule has 0 aromatic heterocycles. The second-order valence-corrected chi connectivity index (χ2v) is 5.11. The minimum Gasteiger partial charge on any atom is -0.396 e. The third-order valence-electron chi connectivity index (χ3n) is 3.54. The van der Waals surface area contributed by atoms with E-state index in [0.29, 0.717) is 24.8 Å². The van der Waals surface area contributed by atoms with Crippen LogP contribution in [0.2, 0.25) is 0 Å². The fraction of sp³-hybridized carbons (Fsp3) is 0.846. The molecule has 1 saturated carbocycles. The van der Waals surface area contributed by atoms with Crippen LogP contribution < -0.4 is 10.6 Å². The Balaban J connectivity index is 2.06. The molecule has 1 rings (SSSR count). The van der Waals surface area contributed by atoms with Gasteiger partial charge in [0, 0.05) is 33.0 Å². The first kappa shape index (κ1) is 15.0. The number of carbonyl (C=O) groups excluding carboxylic acids is 2. The number of carbonyl (C=O) groups is 2. The van der Waals surface area contributed by atoms with Crippen molar-refractivity contribution in [3.63, 3.8) is 0 Å². The standard InChI is InChI=1S/C13H24N2O3/c1-10(17)14-7-6-13(18)15-8-11-2-4-12(9-16)5-3-11/h11-12,16H,2-9H2,1H3,(H,14,17)(H,15,18). The molecule has 18 heavy (non-hydrogen) atoms. The molecule has 0 radical (unpaired) electrons. The van der Waals surface area contributed by atoms with Gasteiger partial charge < -0.3 is 15.7 Å². The van der Waals surface area contributed by atoms with Gasteiger partial charge in [0.1, 0.15) is 0 Å². The van der Waals surface area contributed by atoms with Gasteiger partial charge in [0.05, 0.1) is 0 Å². The Labute approximate surface area is 108 Å². The van der Waals surface area contributed by atoms with Crippen LogP contribution in [0.15, 0.2) is 0 Å². The van der Waals surface area contributed by atoms with Crippen molar-refractivity contribution in [3.8, 4) is 0 Å². The number of hydrogen-bond acceptors (Lipinski definition) is 3. The molecular weight excluding hydrogens is 232 g/mol. The Morgan fingerprint density at radius 1 is 1.11 bits per heavy atom. The van der Waals surface area contributed by atoms with Gasteiger partial charge >= 0.3 is 0 Å². The molecule has 0 unspecified atom stereocenters. The van der Waals surface area contributed by atoms with E-state index < -0.39 is 0 Å². The Bertz CT molecular complexity index is 273. The molecule has 0 bridgehead atoms. The van der Waals surface area contributed by atoms with Crippen LogP contribution in [0.3, 0.4) is 0 Å². The van der Waals surface area contributed by atoms with Gasteiger partial charge in [-0.05, 0) is 37.5 Å². The van der Waals surface area contributed by atoms with E-state index in [2.05, 4.69) is 10.6 Å². The summed E-state index contributed by atoms with van der Waals surface area (Å²) in [6.45, 7) is 2.85. The summed E-state index contributed by atoms with van der Waals surface area (Å²) in [6.07, 6.45) is 4.62. The summed E-state index contributed by atoms with van der Waals surface area (Å²) in [6, 6.07) is 0. The van der Waals surface area contributed by atoms with Crippen molar-refractivity contribution in [2.75, 3.05) is 19.7 Å². The second-order valence-electron chi connectivity index (χ2n) is 5.11. The van der Waals surface area contributed by atoms with Crippen LogP contribution in [-0.4, -0.2) is 36.6 Å². The average molecular weight is 256 g/mol. The lowest BCUT2D eigenvalue weighted by molar-refractivity contribution is -0.121. The van der Waals surface area contributed by atoms with Crippen molar-refractivity contribution < 1.29 is 14.7 Å². The summed E-state index contributed by atoms with van der Waals surface area (Å²) >= 11 is 0. The van der Waals surface area contributed by atoms with Crippen molar-refractivity contribution in [3.05, 3.63) is 0 Å². The minimum absolute atomic E-state index is 0.00645. The van der Waals surface area contributed by atoms with Gasteiger partial charge in [0.25, 0.3) is 0 Å². The van der Waals surface area contributed by atoms with E-state index in [1.807, 2.05) is 0 Å². The van der Waals surface area contributed by atoms with Gasteiger partial charge in [-0.15, -0.1) is 0 Å². The zero-order valence-corrected chi connectivity index (χ0v) is 11.1. The molecular formula is C13H24N2O3. The number of aliphatic hydroxyl groups excluding tert-OH is 1. The molecule has 0 atom stereocenters. The molecule has 0 saturated heterocycles. The first-order valence-corrected chi connectivity index (χ1v) is 6.73. The Morgan fingerprint density at radius 3 is 2.28 bits per heavy atom. The normalized spacial score (nSPS) is 23.4. The summed E-state index contributed by atoms with van der Waals surface area (Å²) in [5, 5.41) is 14.5. The largest absolute Gasteiger partial charge is 0.396 e. The highest BCUT2D eigenvalue weighted by molar-refractivity contribution is 5.77. The topological polar surface area (TPSA) is 78.4 Å². The molecule has 0 spiro atoms. The zero-order chi connectivity index (χ0) is 13.4. The lowest BCUT2D eigenvalue weighted by Gasteiger charge is -2.27. The lowest BCUT2D eigenvalue weighted by Crippen LogP contribution is -2.34. The van der Waals surface area contributed by atoms with Crippen molar-refractivity contribution in [1.82, 2.24) is 10.6 Å². The third kappa shape index (κ3) is 6.00. The molecule has 0 aromatic rings. The molecule has 1 aliphatic rings. The lowest BCUT2D eigenvalue weighted by atomic mass is 9.82. The molecule has 1 aliphatic carbocycles. The number of amides is 2. The zero-order valence-electron chi connectivity index (χ0n) is 11.1. The van der Waals surface area contributed by atoms with Crippen molar-refractivity contribution >= 4 is 11.8 Å². The second kappa shape index (κ2) is 8.08. The summed E-state index contributed by atoms with van der Waals surface area (Å²) in [5.74, 6) is 0.882. The molecule has 3 N–H and O–H groups in total. The number of nitrogens with one attached hydrogen (secondary N) is 2. The Hall–Kier alpha value is -1.10. The number of hydrogen-bond donors (Lipinski definition) is 3. The highest BCUT2D eigenvalue weighted by Gasteiger charge is 2.20. The Kier molecular flexibility index (Phi) is 6.72. The van der Waals surface area contributed by atoms with Crippen LogP contribution in [0.4, 0.5) is 0 Å². The fourth-order valence-corrected chi connectivity index (χ4v) is 2.32. The minimum atomic E-state index is -0.106. The molecule has 2 amide bonds. The van der Waals surface area contributed by atoms with Gasteiger partial charge in [-0.3, -0.25) is 9.59 Å². The Morgan fingerprint density at radius 2 is 1.72 bits per heavy atom. The van der Waals surface area contributed by atoms with Gasteiger partial charge in [0.2, 0.25) is 11.8 Å². The number of aliphatic hydroxyl groups is 1. The smallest absolute Gasteiger partial charge is 0.221 e. The van der Waals surface area contributed by atoms with Gasteiger partial charge in [-0.1, -0.05) is 0 Å². The van der Waals surface area contributed by atoms with Crippen LogP contribution in [0.25, 0.3) is 0 Å². The van der Waals surface area contributed by atoms with Crippen LogP contribution in [-0.2, 0) is 9.59 Å². The van der Waals surface area contributed by atoms with Crippen LogP contribution in [0, 0.1) is 11.8 Å². The van der Waals surface area contributed by atoms with E-state index in [0.717, 1.165) is 32.2 Å².